The van der Waals surface area contributed by atoms with E-state index in [9.17, 15) is 9.35 Å². The van der Waals surface area contributed by atoms with Crippen LogP contribution >= 0.6 is 0 Å². The first-order chi connectivity index (χ1) is 5.97. The summed E-state index contributed by atoms with van der Waals surface area (Å²) in [6.45, 7) is 5.79. The third kappa shape index (κ3) is 5.93. The highest BCUT2D eigenvalue weighted by Crippen LogP contribution is 2.01. The molecule has 0 aromatic rings. The van der Waals surface area contributed by atoms with Crippen molar-refractivity contribution in [3.05, 3.63) is 0 Å². The Balaban J connectivity index is 3.82. The van der Waals surface area contributed by atoms with Gasteiger partial charge in [0.15, 0.2) is 0 Å². The fraction of sp³-hybridized carbons (Fsp3) is 0.889. The topological polar surface area (TPSA) is 52.2 Å². The van der Waals surface area contributed by atoms with E-state index in [2.05, 4.69) is 5.32 Å². The summed E-state index contributed by atoms with van der Waals surface area (Å²) < 4.78 is 10.8. The number of rotatable bonds is 5. The van der Waals surface area contributed by atoms with Gasteiger partial charge >= 0.3 is 0 Å². The summed E-state index contributed by atoms with van der Waals surface area (Å²) in [6, 6.07) is 0.209. The van der Waals surface area contributed by atoms with E-state index in [-0.39, 0.29) is 17.9 Å². The second-order valence-electron chi connectivity index (χ2n) is 3.46. The highest BCUT2D eigenvalue weighted by molar-refractivity contribution is 7.90. The van der Waals surface area contributed by atoms with Crippen molar-refractivity contribution in [3.63, 3.8) is 0 Å². The van der Waals surface area contributed by atoms with Crippen molar-refractivity contribution in [1.82, 2.24) is 5.32 Å². The molecule has 13 heavy (non-hydrogen) atoms. The molecule has 1 amide bonds. The Morgan fingerprint density at radius 2 is 2.08 bits per heavy atom. The van der Waals surface area contributed by atoms with Gasteiger partial charge in [-0.2, -0.15) is 0 Å². The maximum atomic E-state index is 11.4. The first kappa shape index (κ1) is 12.8. The minimum Gasteiger partial charge on any atom is -0.617 e. The van der Waals surface area contributed by atoms with Crippen LogP contribution in [-0.4, -0.2) is 28.5 Å². The fourth-order valence-corrected chi connectivity index (χ4v) is 1.77. The third-order valence-corrected chi connectivity index (χ3v) is 2.90. The number of nitrogens with one attached hydrogen (secondary N) is 1. The van der Waals surface area contributed by atoms with Gasteiger partial charge in [-0.1, -0.05) is 18.1 Å². The first-order valence-electron chi connectivity index (χ1n) is 4.57. The average molecular weight is 205 g/mol. The molecule has 0 fully saturated rings. The van der Waals surface area contributed by atoms with Gasteiger partial charge in [-0.25, -0.2) is 0 Å². The highest BCUT2D eigenvalue weighted by atomic mass is 32.2. The number of hydrogen-bond donors (Lipinski definition) is 1. The van der Waals surface area contributed by atoms with Gasteiger partial charge < -0.3 is 9.87 Å². The number of hydrogen-bond acceptors (Lipinski definition) is 2. The average Bonchev–Trinajstić information content (AvgIpc) is 2.02. The maximum absolute atomic E-state index is 11.4. The molecule has 0 spiro atoms. The zero-order chi connectivity index (χ0) is 10.4. The third-order valence-electron chi connectivity index (χ3n) is 1.93. The van der Waals surface area contributed by atoms with Crippen molar-refractivity contribution in [2.24, 2.45) is 5.92 Å². The lowest BCUT2D eigenvalue weighted by Crippen LogP contribution is -2.38. The van der Waals surface area contributed by atoms with Gasteiger partial charge in [0.1, 0.15) is 5.75 Å². The first-order valence-corrected chi connectivity index (χ1v) is 6.30. The Morgan fingerprint density at radius 1 is 1.54 bits per heavy atom. The van der Waals surface area contributed by atoms with Crippen molar-refractivity contribution in [3.8, 4) is 0 Å². The molecule has 0 saturated carbocycles. The molecule has 1 N–H and O–H groups in total. The molecular formula is C9H19NO2S. The minimum atomic E-state index is -0.894. The van der Waals surface area contributed by atoms with E-state index in [0.29, 0.717) is 5.75 Å². The van der Waals surface area contributed by atoms with Crippen LogP contribution in [-0.2, 0) is 16.0 Å². The number of carbonyl (C=O) groups is 1. The van der Waals surface area contributed by atoms with E-state index in [1.807, 2.05) is 13.8 Å². The van der Waals surface area contributed by atoms with Crippen molar-refractivity contribution in [2.45, 2.75) is 33.2 Å². The number of amides is 1. The summed E-state index contributed by atoms with van der Waals surface area (Å²) in [5.41, 5.74) is 0. The molecule has 0 bridgehead atoms. The molecule has 0 aliphatic heterocycles. The summed E-state index contributed by atoms with van der Waals surface area (Å²) in [5.74, 6) is 0.298. The van der Waals surface area contributed by atoms with Gasteiger partial charge in [0.05, 0.1) is 12.2 Å². The van der Waals surface area contributed by atoms with Gasteiger partial charge in [0.25, 0.3) is 0 Å². The van der Waals surface area contributed by atoms with Crippen LogP contribution in [0.1, 0.15) is 27.2 Å². The van der Waals surface area contributed by atoms with Gasteiger partial charge in [-0.3, -0.25) is 4.79 Å². The lowest BCUT2D eigenvalue weighted by molar-refractivity contribution is -0.124. The zero-order valence-corrected chi connectivity index (χ0v) is 9.61. The maximum Gasteiger partial charge on any atom is 0.227 e. The molecule has 0 aliphatic carbocycles. The second kappa shape index (κ2) is 6.27. The number of carbonyl (C=O) groups excluding carboxylic acids is 1. The monoisotopic (exact) mass is 205 g/mol. The Morgan fingerprint density at radius 3 is 2.46 bits per heavy atom. The van der Waals surface area contributed by atoms with Crippen molar-refractivity contribution in [1.29, 1.82) is 0 Å². The molecule has 0 saturated heterocycles. The van der Waals surface area contributed by atoms with E-state index in [0.717, 1.165) is 6.42 Å². The van der Waals surface area contributed by atoms with Crippen LogP contribution in [0.15, 0.2) is 0 Å². The molecule has 4 heteroatoms. The highest BCUT2D eigenvalue weighted by Gasteiger charge is 2.18. The van der Waals surface area contributed by atoms with Gasteiger partial charge in [-0.05, 0) is 20.3 Å². The van der Waals surface area contributed by atoms with Gasteiger partial charge in [0.2, 0.25) is 5.91 Å². The molecule has 3 nitrogen and oxygen atoms in total. The summed E-state index contributed by atoms with van der Waals surface area (Å²) in [5, 5.41) is 2.86. The van der Waals surface area contributed by atoms with E-state index < -0.39 is 11.2 Å². The molecule has 0 heterocycles. The summed E-state index contributed by atoms with van der Waals surface area (Å²) in [6.07, 6.45) is 2.54. The Labute approximate surface area is 83.5 Å². The fourth-order valence-electron chi connectivity index (χ4n) is 0.915. The van der Waals surface area contributed by atoms with Gasteiger partial charge in [-0.15, -0.1) is 0 Å². The predicted molar refractivity (Wildman–Crippen MR) is 56.0 cm³/mol. The SMILES string of the molecule is CCC(C)NC(=O)C(C)C[S+](C)[O-]. The Kier molecular flexibility index (Phi) is 6.16. The lowest BCUT2D eigenvalue weighted by atomic mass is 10.2. The van der Waals surface area contributed by atoms with E-state index in [1.165, 1.54) is 0 Å². The lowest BCUT2D eigenvalue weighted by Gasteiger charge is -2.16. The summed E-state index contributed by atoms with van der Waals surface area (Å²) in [4.78, 5) is 11.4. The van der Waals surface area contributed by atoms with Crippen LogP contribution in [0, 0.1) is 5.92 Å². The van der Waals surface area contributed by atoms with Crippen LogP contribution in [0.25, 0.3) is 0 Å². The molecule has 78 valence electrons. The van der Waals surface area contributed by atoms with E-state index in [1.54, 1.807) is 13.2 Å². The smallest absolute Gasteiger partial charge is 0.227 e. The Hall–Kier alpha value is -0.220. The van der Waals surface area contributed by atoms with Crippen LogP contribution in [0.3, 0.4) is 0 Å². The van der Waals surface area contributed by atoms with Crippen molar-refractivity contribution < 1.29 is 9.35 Å². The van der Waals surface area contributed by atoms with Crippen LogP contribution in [0.2, 0.25) is 0 Å². The van der Waals surface area contributed by atoms with Gasteiger partial charge in [0, 0.05) is 6.04 Å². The largest absolute Gasteiger partial charge is 0.617 e. The predicted octanol–water partition coefficient (Wildman–Crippen LogP) is 0.916. The standard InChI is InChI=1S/C9H19NO2S/c1-5-8(3)10-9(11)7(2)6-13(4)12/h7-8H,5-6H2,1-4H3,(H,10,11). The van der Waals surface area contributed by atoms with Crippen molar-refractivity contribution >= 4 is 17.1 Å². The van der Waals surface area contributed by atoms with Crippen LogP contribution < -0.4 is 5.32 Å². The second-order valence-corrected chi connectivity index (χ2v) is 4.94. The molecule has 0 aromatic heterocycles. The van der Waals surface area contributed by atoms with E-state index in [4.69, 9.17) is 0 Å². The molecule has 0 aromatic carbocycles. The van der Waals surface area contributed by atoms with E-state index >= 15 is 0 Å². The molecular weight excluding hydrogens is 186 g/mol. The zero-order valence-electron chi connectivity index (χ0n) is 8.79. The molecule has 3 atom stereocenters. The Bertz CT molecular complexity index is 162. The van der Waals surface area contributed by atoms with Crippen molar-refractivity contribution in [2.75, 3.05) is 12.0 Å². The summed E-state index contributed by atoms with van der Waals surface area (Å²) >= 11 is -0.894. The van der Waals surface area contributed by atoms with Crippen LogP contribution in [0.5, 0.6) is 0 Å². The quantitative estimate of drug-likeness (QED) is 0.678. The normalized spacial score (nSPS) is 17.6. The molecule has 0 aliphatic rings. The minimum absolute atomic E-state index is 0.00421. The van der Waals surface area contributed by atoms with Crippen LogP contribution in [0.4, 0.5) is 0 Å². The molecule has 0 rings (SSSR count). The molecule has 0 radical (unpaired) electrons. The molecule has 3 unspecified atom stereocenters. The summed E-state index contributed by atoms with van der Waals surface area (Å²) in [7, 11) is 0.